The van der Waals surface area contributed by atoms with Crippen LogP contribution in [0.2, 0.25) is 0 Å². The quantitative estimate of drug-likeness (QED) is 0.629. The summed E-state index contributed by atoms with van der Waals surface area (Å²) in [6, 6.07) is 10.8. The van der Waals surface area contributed by atoms with Gasteiger partial charge in [-0.05, 0) is 43.9 Å². The summed E-state index contributed by atoms with van der Waals surface area (Å²) in [4.78, 5) is 14.3. The molecule has 0 saturated heterocycles. The van der Waals surface area contributed by atoms with E-state index in [1.165, 1.54) is 25.1 Å². The lowest BCUT2D eigenvalue weighted by Gasteiger charge is -2.13. The topological polar surface area (TPSA) is 65.3 Å². The van der Waals surface area contributed by atoms with E-state index in [4.69, 9.17) is 4.74 Å². The SMILES string of the molecule is O=[N+]([O-])c1ccc(-c2cccc(OC3CCCC3)c2)nc1. The number of nitro groups is 1. The fourth-order valence-corrected chi connectivity index (χ4v) is 2.59. The van der Waals surface area contributed by atoms with Crippen molar-refractivity contribution in [2.75, 3.05) is 0 Å². The Kier molecular flexibility index (Phi) is 3.81. The second-order valence-corrected chi connectivity index (χ2v) is 5.21. The molecule has 1 heterocycles. The molecule has 0 radical (unpaired) electrons. The van der Waals surface area contributed by atoms with Gasteiger partial charge in [0, 0.05) is 11.6 Å². The standard InChI is InChI=1S/C16H16N2O3/c19-18(20)13-8-9-16(17-11-13)12-4-3-7-15(10-12)21-14-5-1-2-6-14/h3-4,7-11,14H,1-2,5-6H2. The Balaban J connectivity index is 1.79. The molecule has 1 aliphatic rings. The molecule has 21 heavy (non-hydrogen) atoms. The minimum absolute atomic E-state index is 0.00268. The summed E-state index contributed by atoms with van der Waals surface area (Å²) in [7, 11) is 0. The number of benzene rings is 1. The van der Waals surface area contributed by atoms with Gasteiger partial charge in [0.2, 0.25) is 0 Å². The van der Waals surface area contributed by atoms with E-state index >= 15 is 0 Å². The Morgan fingerprint density at radius 2 is 2.00 bits per heavy atom. The minimum atomic E-state index is -0.448. The first-order valence-electron chi connectivity index (χ1n) is 7.10. The molecule has 1 saturated carbocycles. The molecule has 1 fully saturated rings. The summed E-state index contributed by atoms with van der Waals surface area (Å²) in [5, 5.41) is 10.6. The summed E-state index contributed by atoms with van der Waals surface area (Å²) < 4.78 is 5.96. The zero-order chi connectivity index (χ0) is 14.7. The van der Waals surface area contributed by atoms with Crippen molar-refractivity contribution in [1.29, 1.82) is 0 Å². The second-order valence-electron chi connectivity index (χ2n) is 5.21. The smallest absolute Gasteiger partial charge is 0.287 e. The van der Waals surface area contributed by atoms with E-state index < -0.39 is 4.92 Å². The summed E-state index contributed by atoms with van der Waals surface area (Å²) in [5.41, 5.74) is 1.61. The number of hydrogen-bond donors (Lipinski definition) is 0. The molecule has 0 amide bonds. The molecule has 0 unspecified atom stereocenters. The predicted octanol–water partition coefficient (Wildman–Crippen LogP) is 3.98. The fraction of sp³-hybridized carbons (Fsp3) is 0.312. The molecular weight excluding hydrogens is 268 g/mol. The van der Waals surface area contributed by atoms with Crippen LogP contribution in [0.4, 0.5) is 5.69 Å². The normalized spacial score (nSPS) is 15.0. The van der Waals surface area contributed by atoms with Crippen LogP contribution in [0, 0.1) is 10.1 Å². The lowest BCUT2D eigenvalue weighted by atomic mass is 10.1. The van der Waals surface area contributed by atoms with Gasteiger partial charge in [0.15, 0.2) is 0 Å². The van der Waals surface area contributed by atoms with Crippen molar-refractivity contribution in [3.63, 3.8) is 0 Å². The molecular formula is C16H16N2O3. The number of nitrogens with zero attached hydrogens (tertiary/aromatic N) is 2. The second kappa shape index (κ2) is 5.91. The summed E-state index contributed by atoms with van der Waals surface area (Å²) in [6.45, 7) is 0. The first-order valence-corrected chi connectivity index (χ1v) is 7.10. The Morgan fingerprint density at radius 1 is 1.19 bits per heavy atom. The van der Waals surface area contributed by atoms with Gasteiger partial charge in [-0.25, -0.2) is 4.98 Å². The van der Waals surface area contributed by atoms with Gasteiger partial charge >= 0.3 is 0 Å². The number of rotatable bonds is 4. The molecule has 0 aliphatic heterocycles. The van der Waals surface area contributed by atoms with Gasteiger partial charge in [-0.3, -0.25) is 10.1 Å². The Morgan fingerprint density at radius 3 is 2.67 bits per heavy atom. The largest absolute Gasteiger partial charge is 0.490 e. The lowest BCUT2D eigenvalue weighted by molar-refractivity contribution is -0.385. The number of aromatic nitrogens is 1. The highest BCUT2D eigenvalue weighted by Crippen LogP contribution is 2.27. The number of ether oxygens (including phenoxy) is 1. The molecule has 0 spiro atoms. The molecule has 1 aromatic heterocycles. The van der Waals surface area contributed by atoms with Crippen LogP contribution < -0.4 is 4.74 Å². The van der Waals surface area contributed by atoms with Gasteiger partial charge in [0.05, 0.1) is 16.7 Å². The van der Waals surface area contributed by atoms with E-state index in [1.54, 1.807) is 6.07 Å². The van der Waals surface area contributed by atoms with Crippen LogP contribution >= 0.6 is 0 Å². The summed E-state index contributed by atoms with van der Waals surface area (Å²) in [6.07, 6.45) is 6.27. The van der Waals surface area contributed by atoms with Crippen LogP contribution in [-0.4, -0.2) is 16.0 Å². The molecule has 1 aliphatic carbocycles. The van der Waals surface area contributed by atoms with Crippen LogP contribution in [0.15, 0.2) is 42.6 Å². The van der Waals surface area contributed by atoms with E-state index in [0.29, 0.717) is 11.8 Å². The average molecular weight is 284 g/mol. The van der Waals surface area contributed by atoms with Crippen LogP contribution in [0.5, 0.6) is 5.75 Å². The van der Waals surface area contributed by atoms with Gasteiger partial charge in [-0.1, -0.05) is 12.1 Å². The zero-order valence-corrected chi connectivity index (χ0v) is 11.6. The van der Waals surface area contributed by atoms with Crippen molar-refractivity contribution in [1.82, 2.24) is 4.98 Å². The minimum Gasteiger partial charge on any atom is -0.490 e. The molecule has 2 aromatic rings. The molecule has 3 rings (SSSR count). The highest BCUT2D eigenvalue weighted by Gasteiger charge is 2.16. The number of pyridine rings is 1. The van der Waals surface area contributed by atoms with Crippen molar-refractivity contribution in [3.05, 3.63) is 52.7 Å². The Bertz CT molecular complexity index is 634. The summed E-state index contributed by atoms with van der Waals surface area (Å²) in [5.74, 6) is 0.833. The molecule has 0 bridgehead atoms. The third kappa shape index (κ3) is 3.18. The molecule has 1 aromatic carbocycles. The van der Waals surface area contributed by atoms with Crippen LogP contribution in [0.3, 0.4) is 0 Å². The van der Waals surface area contributed by atoms with E-state index in [9.17, 15) is 10.1 Å². The maximum absolute atomic E-state index is 10.6. The van der Waals surface area contributed by atoms with Crippen molar-refractivity contribution < 1.29 is 9.66 Å². The zero-order valence-electron chi connectivity index (χ0n) is 11.6. The summed E-state index contributed by atoms with van der Waals surface area (Å²) >= 11 is 0. The van der Waals surface area contributed by atoms with E-state index in [0.717, 1.165) is 24.2 Å². The third-order valence-corrected chi connectivity index (χ3v) is 3.69. The first kappa shape index (κ1) is 13.5. The van der Waals surface area contributed by atoms with E-state index in [-0.39, 0.29) is 5.69 Å². The van der Waals surface area contributed by atoms with Crippen LogP contribution in [-0.2, 0) is 0 Å². The van der Waals surface area contributed by atoms with E-state index in [1.807, 2.05) is 24.3 Å². The monoisotopic (exact) mass is 284 g/mol. The Labute approximate surface area is 122 Å². The van der Waals surface area contributed by atoms with Gasteiger partial charge < -0.3 is 4.74 Å². The van der Waals surface area contributed by atoms with Crippen molar-refractivity contribution in [2.24, 2.45) is 0 Å². The van der Waals surface area contributed by atoms with E-state index in [2.05, 4.69) is 4.98 Å². The fourth-order valence-electron chi connectivity index (χ4n) is 2.59. The molecule has 108 valence electrons. The third-order valence-electron chi connectivity index (χ3n) is 3.69. The highest BCUT2D eigenvalue weighted by atomic mass is 16.6. The van der Waals surface area contributed by atoms with Crippen molar-refractivity contribution >= 4 is 5.69 Å². The molecule has 5 heteroatoms. The Hall–Kier alpha value is -2.43. The predicted molar refractivity (Wildman–Crippen MR) is 79.2 cm³/mol. The average Bonchev–Trinajstić information content (AvgIpc) is 3.00. The maximum Gasteiger partial charge on any atom is 0.287 e. The molecule has 0 atom stereocenters. The maximum atomic E-state index is 10.6. The number of hydrogen-bond acceptors (Lipinski definition) is 4. The molecule has 5 nitrogen and oxygen atoms in total. The van der Waals surface area contributed by atoms with Crippen molar-refractivity contribution in [2.45, 2.75) is 31.8 Å². The van der Waals surface area contributed by atoms with Gasteiger partial charge in [-0.2, -0.15) is 0 Å². The first-order chi connectivity index (χ1) is 10.2. The lowest BCUT2D eigenvalue weighted by Crippen LogP contribution is -2.10. The van der Waals surface area contributed by atoms with Gasteiger partial charge in [0.1, 0.15) is 11.9 Å². The highest BCUT2D eigenvalue weighted by molar-refractivity contribution is 5.61. The van der Waals surface area contributed by atoms with Crippen LogP contribution in [0.1, 0.15) is 25.7 Å². The van der Waals surface area contributed by atoms with Crippen LogP contribution in [0.25, 0.3) is 11.3 Å². The van der Waals surface area contributed by atoms with Gasteiger partial charge in [0.25, 0.3) is 5.69 Å². The van der Waals surface area contributed by atoms with Gasteiger partial charge in [-0.15, -0.1) is 0 Å². The molecule has 0 N–H and O–H groups in total. The van der Waals surface area contributed by atoms with Crippen molar-refractivity contribution in [3.8, 4) is 17.0 Å².